The summed E-state index contributed by atoms with van der Waals surface area (Å²) < 4.78 is 12.7. The van der Waals surface area contributed by atoms with Crippen molar-refractivity contribution >= 4 is 0 Å². The van der Waals surface area contributed by atoms with Gasteiger partial charge in [0.05, 0.1) is 0 Å². The summed E-state index contributed by atoms with van der Waals surface area (Å²) in [6.07, 6.45) is 2.91. The molecule has 2 rings (SSSR count). The smallest absolute Gasteiger partial charge is 0.114 e. The Hall–Kier alpha value is -0.110. The van der Waals surface area contributed by atoms with E-state index < -0.39 is 6.17 Å². The highest BCUT2D eigenvalue weighted by Crippen LogP contribution is 2.45. The van der Waals surface area contributed by atoms with Crippen LogP contribution in [0.5, 0.6) is 0 Å². The van der Waals surface area contributed by atoms with Crippen LogP contribution in [0.15, 0.2) is 0 Å². The van der Waals surface area contributed by atoms with Crippen molar-refractivity contribution in [3.05, 3.63) is 0 Å². The van der Waals surface area contributed by atoms with Gasteiger partial charge in [0.2, 0.25) is 0 Å². The summed E-state index contributed by atoms with van der Waals surface area (Å²) in [5, 5.41) is 0. The van der Waals surface area contributed by atoms with Gasteiger partial charge in [-0.25, -0.2) is 4.39 Å². The number of hydrogen-bond donors (Lipinski definition) is 0. The van der Waals surface area contributed by atoms with Gasteiger partial charge in [0, 0.05) is 19.6 Å². The van der Waals surface area contributed by atoms with Gasteiger partial charge in [0.15, 0.2) is 0 Å². The van der Waals surface area contributed by atoms with E-state index in [0.717, 1.165) is 19.5 Å². The van der Waals surface area contributed by atoms with Gasteiger partial charge in [-0.05, 0) is 24.7 Å². The van der Waals surface area contributed by atoms with Crippen LogP contribution in [0.4, 0.5) is 4.39 Å². The van der Waals surface area contributed by atoms with Gasteiger partial charge in [-0.1, -0.05) is 6.92 Å². The first kappa shape index (κ1) is 7.53. The minimum Gasteiger partial charge on any atom is -0.300 e. The van der Waals surface area contributed by atoms with Crippen LogP contribution in [0, 0.1) is 5.41 Å². The van der Waals surface area contributed by atoms with E-state index in [4.69, 9.17) is 0 Å². The molecule has 1 aliphatic heterocycles. The second-order valence-corrected chi connectivity index (χ2v) is 4.43. The van der Waals surface area contributed by atoms with Crippen LogP contribution in [-0.4, -0.2) is 30.7 Å². The normalized spacial score (nSPS) is 36.0. The third-order valence-electron chi connectivity index (χ3n) is 2.92. The molecular formula is C9H16FN. The number of likely N-dealkylation sites (tertiary alicyclic amines) is 1. The summed E-state index contributed by atoms with van der Waals surface area (Å²) in [4.78, 5) is 2.28. The van der Waals surface area contributed by atoms with Gasteiger partial charge < -0.3 is 0 Å². The van der Waals surface area contributed by atoms with Crippen LogP contribution in [-0.2, 0) is 0 Å². The van der Waals surface area contributed by atoms with Crippen LogP contribution in [0.2, 0.25) is 0 Å². The fourth-order valence-corrected chi connectivity index (χ4v) is 1.84. The van der Waals surface area contributed by atoms with E-state index in [9.17, 15) is 4.39 Å². The average Bonchev–Trinajstić information content (AvgIpc) is 2.49. The predicted octanol–water partition coefficient (Wildman–Crippen LogP) is 1.83. The lowest BCUT2D eigenvalue weighted by Crippen LogP contribution is -2.27. The third-order valence-corrected chi connectivity index (χ3v) is 2.92. The lowest BCUT2D eigenvalue weighted by Gasteiger charge is -2.18. The van der Waals surface area contributed by atoms with E-state index in [2.05, 4.69) is 11.8 Å². The molecule has 1 unspecified atom stereocenters. The van der Waals surface area contributed by atoms with Crippen LogP contribution < -0.4 is 0 Å². The minimum atomic E-state index is -0.544. The second kappa shape index (κ2) is 2.44. The molecule has 1 saturated carbocycles. The zero-order valence-electron chi connectivity index (χ0n) is 7.15. The van der Waals surface area contributed by atoms with Crippen molar-refractivity contribution in [3.63, 3.8) is 0 Å². The Morgan fingerprint density at radius 2 is 2.27 bits per heavy atom. The fourth-order valence-electron chi connectivity index (χ4n) is 1.84. The fraction of sp³-hybridized carbons (Fsp3) is 1.00. The van der Waals surface area contributed by atoms with Gasteiger partial charge in [0.1, 0.15) is 6.17 Å². The molecule has 0 spiro atoms. The number of nitrogens with zero attached hydrogens (tertiary/aromatic N) is 1. The standard InChI is InChI=1S/C9H16FN/c1-9(3-4-9)7-11-5-2-8(10)6-11/h8H,2-7H2,1H3. The number of hydrogen-bond acceptors (Lipinski definition) is 1. The summed E-state index contributed by atoms with van der Waals surface area (Å²) in [5.41, 5.74) is 0.560. The van der Waals surface area contributed by atoms with Crippen molar-refractivity contribution in [2.24, 2.45) is 5.41 Å². The van der Waals surface area contributed by atoms with E-state index in [0.29, 0.717) is 12.0 Å². The van der Waals surface area contributed by atoms with Crippen molar-refractivity contribution in [3.8, 4) is 0 Å². The van der Waals surface area contributed by atoms with Gasteiger partial charge >= 0.3 is 0 Å². The molecule has 1 heterocycles. The highest BCUT2D eigenvalue weighted by Gasteiger charge is 2.40. The molecule has 0 aromatic carbocycles. The Labute approximate surface area is 67.6 Å². The van der Waals surface area contributed by atoms with Crippen LogP contribution >= 0.6 is 0 Å². The summed E-state index contributed by atoms with van der Waals surface area (Å²) in [6.45, 7) is 5.11. The molecule has 0 aromatic rings. The predicted molar refractivity (Wildman–Crippen MR) is 43.3 cm³/mol. The van der Waals surface area contributed by atoms with E-state index in [1.165, 1.54) is 12.8 Å². The van der Waals surface area contributed by atoms with E-state index in [1.54, 1.807) is 0 Å². The molecule has 1 nitrogen and oxygen atoms in total. The molecule has 11 heavy (non-hydrogen) atoms. The van der Waals surface area contributed by atoms with E-state index in [-0.39, 0.29) is 0 Å². The number of rotatable bonds is 2. The quantitative estimate of drug-likeness (QED) is 0.591. The molecule has 1 atom stereocenters. The average molecular weight is 157 g/mol. The molecule has 0 N–H and O–H groups in total. The van der Waals surface area contributed by atoms with Crippen molar-refractivity contribution in [1.29, 1.82) is 0 Å². The summed E-state index contributed by atoms with van der Waals surface area (Å²) in [7, 11) is 0. The molecule has 2 aliphatic rings. The molecule has 1 aliphatic carbocycles. The van der Waals surface area contributed by atoms with Crippen molar-refractivity contribution in [2.45, 2.75) is 32.4 Å². The lowest BCUT2D eigenvalue weighted by molar-refractivity contribution is 0.249. The maximum absolute atomic E-state index is 12.7. The molecule has 2 heteroatoms. The number of halogens is 1. The Morgan fingerprint density at radius 3 is 2.73 bits per heavy atom. The Morgan fingerprint density at radius 1 is 1.55 bits per heavy atom. The summed E-state index contributed by atoms with van der Waals surface area (Å²) >= 11 is 0. The van der Waals surface area contributed by atoms with E-state index in [1.807, 2.05) is 0 Å². The topological polar surface area (TPSA) is 3.24 Å². The van der Waals surface area contributed by atoms with Crippen LogP contribution in [0.25, 0.3) is 0 Å². The molecule has 1 saturated heterocycles. The van der Waals surface area contributed by atoms with Crippen molar-refractivity contribution in [2.75, 3.05) is 19.6 Å². The first-order chi connectivity index (χ1) is 5.18. The molecule has 64 valence electrons. The molecular weight excluding hydrogens is 141 g/mol. The maximum Gasteiger partial charge on any atom is 0.114 e. The SMILES string of the molecule is CC1(CN2CCC(F)C2)CC1. The van der Waals surface area contributed by atoms with Crippen molar-refractivity contribution in [1.82, 2.24) is 4.90 Å². The first-order valence-corrected chi connectivity index (χ1v) is 4.54. The first-order valence-electron chi connectivity index (χ1n) is 4.54. The van der Waals surface area contributed by atoms with Crippen LogP contribution in [0.3, 0.4) is 0 Å². The Balaban J connectivity index is 1.79. The lowest BCUT2D eigenvalue weighted by atomic mass is 10.1. The van der Waals surface area contributed by atoms with Gasteiger partial charge in [-0.15, -0.1) is 0 Å². The second-order valence-electron chi connectivity index (χ2n) is 4.43. The largest absolute Gasteiger partial charge is 0.300 e. The highest BCUT2D eigenvalue weighted by molar-refractivity contribution is 4.92. The Bertz CT molecular complexity index is 154. The molecule has 2 fully saturated rings. The third kappa shape index (κ3) is 1.73. The monoisotopic (exact) mass is 157 g/mol. The minimum absolute atomic E-state index is 0.544. The molecule has 0 amide bonds. The Kier molecular flexibility index (Phi) is 1.67. The van der Waals surface area contributed by atoms with Gasteiger partial charge in [0.25, 0.3) is 0 Å². The molecule has 0 bridgehead atoms. The molecule has 0 radical (unpaired) electrons. The zero-order valence-corrected chi connectivity index (χ0v) is 7.15. The van der Waals surface area contributed by atoms with Crippen LogP contribution in [0.1, 0.15) is 26.2 Å². The zero-order chi connectivity index (χ0) is 7.90. The van der Waals surface area contributed by atoms with Crippen molar-refractivity contribution < 1.29 is 4.39 Å². The summed E-state index contributed by atoms with van der Waals surface area (Å²) in [6, 6.07) is 0. The van der Waals surface area contributed by atoms with Gasteiger partial charge in [-0.2, -0.15) is 0 Å². The maximum atomic E-state index is 12.7. The highest BCUT2D eigenvalue weighted by atomic mass is 19.1. The molecule has 0 aromatic heterocycles. The van der Waals surface area contributed by atoms with E-state index >= 15 is 0 Å². The van der Waals surface area contributed by atoms with Gasteiger partial charge in [-0.3, -0.25) is 4.90 Å². The number of alkyl halides is 1. The summed E-state index contributed by atoms with van der Waals surface area (Å²) in [5.74, 6) is 0.